The standard InChI is InChI=1S/C18H25NO2/c1-12(2)21-18(20)19-10-5-4-7-14-11-13(3)15-8-6-9-16(15)17(14)19/h11-12H,4-10H2,1-3H3. The van der Waals surface area contributed by atoms with Crippen LogP contribution in [0, 0.1) is 6.92 Å². The number of hydrogen-bond acceptors (Lipinski definition) is 2. The second kappa shape index (κ2) is 5.70. The van der Waals surface area contributed by atoms with Gasteiger partial charge in [-0.2, -0.15) is 0 Å². The monoisotopic (exact) mass is 287 g/mol. The quantitative estimate of drug-likeness (QED) is 0.775. The lowest BCUT2D eigenvalue weighted by Gasteiger charge is -2.26. The van der Waals surface area contributed by atoms with Crippen LogP contribution in [0.1, 0.15) is 55.4 Å². The minimum absolute atomic E-state index is 0.0669. The maximum Gasteiger partial charge on any atom is 0.414 e. The van der Waals surface area contributed by atoms with Gasteiger partial charge in [0.25, 0.3) is 0 Å². The van der Waals surface area contributed by atoms with Gasteiger partial charge < -0.3 is 4.74 Å². The normalized spacial score (nSPS) is 17.4. The molecule has 2 aliphatic rings. The van der Waals surface area contributed by atoms with Crippen molar-refractivity contribution in [2.24, 2.45) is 0 Å². The van der Waals surface area contributed by atoms with Crippen LogP contribution < -0.4 is 4.90 Å². The highest BCUT2D eigenvalue weighted by Crippen LogP contribution is 2.39. The van der Waals surface area contributed by atoms with Crippen LogP contribution in [0.3, 0.4) is 0 Å². The predicted octanol–water partition coefficient (Wildman–Crippen LogP) is 4.17. The van der Waals surface area contributed by atoms with Crippen molar-refractivity contribution >= 4 is 11.8 Å². The highest BCUT2D eigenvalue weighted by molar-refractivity contribution is 5.91. The Morgan fingerprint density at radius 1 is 1.14 bits per heavy atom. The Morgan fingerprint density at radius 3 is 2.67 bits per heavy atom. The summed E-state index contributed by atoms with van der Waals surface area (Å²) in [5.41, 5.74) is 6.80. The Labute approximate surface area is 127 Å². The van der Waals surface area contributed by atoms with Gasteiger partial charge >= 0.3 is 6.09 Å². The number of ether oxygens (including phenoxy) is 1. The number of fused-ring (bicyclic) bond motifs is 3. The van der Waals surface area contributed by atoms with E-state index in [0.29, 0.717) is 0 Å². The molecule has 0 N–H and O–H groups in total. The molecule has 0 fully saturated rings. The number of benzene rings is 1. The van der Waals surface area contributed by atoms with E-state index in [4.69, 9.17) is 4.74 Å². The van der Waals surface area contributed by atoms with Crippen molar-refractivity contribution in [2.45, 2.75) is 65.4 Å². The third-order valence-electron chi connectivity index (χ3n) is 4.58. The minimum Gasteiger partial charge on any atom is -0.446 e. The predicted molar refractivity (Wildman–Crippen MR) is 85.1 cm³/mol. The fraction of sp³-hybridized carbons (Fsp3) is 0.611. The number of anilines is 1. The van der Waals surface area contributed by atoms with Crippen LogP contribution in [-0.2, 0) is 24.0 Å². The summed E-state index contributed by atoms with van der Waals surface area (Å²) in [6.45, 7) is 6.83. The average Bonchev–Trinajstić information content (AvgIpc) is 2.80. The lowest BCUT2D eigenvalue weighted by Crippen LogP contribution is -2.34. The topological polar surface area (TPSA) is 29.5 Å². The van der Waals surface area contributed by atoms with E-state index in [9.17, 15) is 4.79 Å². The number of carbonyl (C=O) groups is 1. The number of hydrogen-bond donors (Lipinski definition) is 0. The maximum absolute atomic E-state index is 12.5. The summed E-state index contributed by atoms with van der Waals surface area (Å²) in [7, 11) is 0. The van der Waals surface area contributed by atoms with E-state index in [1.165, 1.54) is 34.4 Å². The second-order valence-electron chi connectivity index (χ2n) is 6.55. The van der Waals surface area contributed by atoms with Gasteiger partial charge in [-0.1, -0.05) is 6.07 Å². The van der Waals surface area contributed by atoms with Gasteiger partial charge in [-0.05, 0) is 81.5 Å². The van der Waals surface area contributed by atoms with Crippen molar-refractivity contribution in [2.75, 3.05) is 11.4 Å². The first kappa shape index (κ1) is 14.4. The molecule has 1 heterocycles. The van der Waals surface area contributed by atoms with Crippen LogP contribution >= 0.6 is 0 Å². The number of rotatable bonds is 1. The molecule has 3 heteroatoms. The molecule has 0 saturated heterocycles. The molecule has 3 nitrogen and oxygen atoms in total. The van der Waals surface area contributed by atoms with Crippen LogP contribution in [0.25, 0.3) is 0 Å². The van der Waals surface area contributed by atoms with Gasteiger partial charge in [-0.25, -0.2) is 4.79 Å². The molecule has 1 amide bonds. The third kappa shape index (κ3) is 2.66. The highest BCUT2D eigenvalue weighted by atomic mass is 16.6. The van der Waals surface area contributed by atoms with Gasteiger partial charge in [0.15, 0.2) is 0 Å². The average molecular weight is 287 g/mol. The molecule has 0 saturated carbocycles. The molecule has 3 rings (SSSR count). The summed E-state index contributed by atoms with van der Waals surface area (Å²) in [5, 5.41) is 0. The molecule has 1 aliphatic carbocycles. The van der Waals surface area contributed by atoms with Crippen LogP contribution in [0.4, 0.5) is 10.5 Å². The molecule has 21 heavy (non-hydrogen) atoms. The van der Waals surface area contributed by atoms with E-state index in [0.717, 1.165) is 38.6 Å². The number of nitrogens with zero attached hydrogens (tertiary/aromatic N) is 1. The summed E-state index contributed by atoms with van der Waals surface area (Å²) < 4.78 is 5.48. The lowest BCUT2D eigenvalue weighted by molar-refractivity contribution is 0.122. The summed E-state index contributed by atoms with van der Waals surface area (Å²) >= 11 is 0. The van der Waals surface area contributed by atoms with E-state index >= 15 is 0 Å². The van der Waals surface area contributed by atoms with Crippen molar-refractivity contribution in [3.8, 4) is 0 Å². The van der Waals surface area contributed by atoms with E-state index in [1.807, 2.05) is 18.7 Å². The smallest absolute Gasteiger partial charge is 0.414 e. The first-order valence-corrected chi connectivity index (χ1v) is 8.20. The Balaban J connectivity index is 2.06. The van der Waals surface area contributed by atoms with E-state index < -0.39 is 0 Å². The van der Waals surface area contributed by atoms with Crippen molar-refractivity contribution in [3.05, 3.63) is 28.3 Å². The molecule has 114 valence electrons. The van der Waals surface area contributed by atoms with Crippen LogP contribution in [0.2, 0.25) is 0 Å². The van der Waals surface area contributed by atoms with Gasteiger partial charge in [-0.15, -0.1) is 0 Å². The molecule has 1 aromatic carbocycles. The molecule has 1 aromatic rings. The molecule has 0 spiro atoms. The Hall–Kier alpha value is -1.51. The Morgan fingerprint density at radius 2 is 1.90 bits per heavy atom. The van der Waals surface area contributed by atoms with Gasteiger partial charge in [0, 0.05) is 6.54 Å². The fourth-order valence-corrected chi connectivity index (χ4v) is 3.72. The Kier molecular flexibility index (Phi) is 3.92. The van der Waals surface area contributed by atoms with Crippen LogP contribution in [0.5, 0.6) is 0 Å². The van der Waals surface area contributed by atoms with Gasteiger partial charge in [0.1, 0.15) is 0 Å². The molecule has 0 atom stereocenters. The summed E-state index contributed by atoms with van der Waals surface area (Å²) in [5.74, 6) is 0. The molecule has 0 unspecified atom stereocenters. The SMILES string of the molecule is Cc1cc2c(c3c1CCC3)N(C(=O)OC(C)C)CCCC2. The maximum atomic E-state index is 12.5. The van der Waals surface area contributed by atoms with E-state index in [1.54, 1.807) is 0 Å². The zero-order valence-corrected chi connectivity index (χ0v) is 13.4. The zero-order chi connectivity index (χ0) is 15.0. The summed E-state index contributed by atoms with van der Waals surface area (Å²) in [6.07, 6.45) is 6.50. The first-order chi connectivity index (χ1) is 10.1. The Bertz CT molecular complexity index is 563. The molecular weight excluding hydrogens is 262 g/mol. The second-order valence-corrected chi connectivity index (χ2v) is 6.55. The van der Waals surface area contributed by atoms with Crippen LogP contribution in [0.15, 0.2) is 6.07 Å². The van der Waals surface area contributed by atoms with Crippen molar-refractivity contribution in [1.82, 2.24) is 0 Å². The molecular formula is C18H25NO2. The van der Waals surface area contributed by atoms with E-state index in [2.05, 4.69) is 13.0 Å². The van der Waals surface area contributed by atoms with E-state index in [-0.39, 0.29) is 12.2 Å². The van der Waals surface area contributed by atoms with Gasteiger partial charge in [0.05, 0.1) is 11.8 Å². The van der Waals surface area contributed by atoms with Gasteiger partial charge in [0.2, 0.25) is 0 Å². The zero-order valence-electron chi connectivity index (χ0n) is 13.4. The number of carbonyl (C=O) groups excluding carboxylic acids is 1. The molecule has 0 bridgehead atoms. The van der Waals surface area contributed by atoms with Gasteiger partial charge in [-0.3, -0.25) is 4.90 Å². The number of aryl methyl sites for hydroxylation is 2. The minimum atomic E-state index is -0.175. The van der Waals surface area contributed by atoms with Crippen molar-refractivity contribution in [3.63, 3.8) is 0 Å². The summed E-state index contributed by atoms with van der Waals surface area (Å²) in [4.78, 5) is 14.4. The lowest BCUT2D eigenvalue weighted by atomic mass is 9.95. The molecule has 1 aliphatic heterocycles. The molecule has 0 aromatic heterocycles. The highest BCUT2D eigenvalue weighted by Gasteiger charge is 2.29. The van der Waals surface area contributed by atoms with Crippen molar-refractivity contribution < 1.29 is 9.53 Å². The molecule has 0 radical (unpaired) electrons. The third-order valence-corrected chi connectivity index (χ3v) is 4.58. The van der Waals surface area contributed by atoms with Crippen molar-refractivity contribution in [1.29, 1.82) is 0 Å². The number of amides is 1. The fourth-order valence-electron chi connectivity index (χ4n) is 3.72. The van der Waals surface area contributed by atoms with Crippen LogP contribution in [-0.4, -0.2) is 18.7 Å². The summed E-state index contributed by atoms with van der Waals surface area (Å²) in [6, 6.07) is 2.31. The first-order valence-electron chi connectivity index (χ1n) is 8.20. The largest absolute Gasteiger partial charge is 0.446 e.